The molecule has 1 aliphatic carbocycles. The van der Waals surface area contributed by atoms with E-state index in [0.717, 1.165) is 24.6 Å². The van der Waals surface area contributed by atoms with Gasteiger partial charge in [0, 0.05) is 18.4 Å². The molecule has 1 aliphatic rings. The van der Waals surface area contributed by atoms with E-state index in [-0.39, 0.29) is 5.92 Å². The summed E-state index contributed by atoms with van der Waals surface area (Å²) in [6, 6.07) is 8.51. The van der Waals surface area contributed by atoms with Crippen molar-refractivity contribution in [1.82, 2.24) is 10.1 Å². The first-order valence-corrected chi connectivity index (χ1v) is 6.38. The van der Waals surface area contributed by atoms with E-state index in [0.29, 0.717) is 12.5 Å². The maximum Gasteiger partial charge on any atom is 0.230 e. The van der Waals surface area contributed by atoms with Gasteiger partial charge in [0.05, 0.1) is 0 Å². The van der Waals surface area contributed by atoms with Crippen LogP contribution in [0.3, 0.4) is 0 Å². The number of fused-ring (bicyclic) bond motifs is 1. The highest BCUT2D eigenvalue weighted by Gasteiger charge is 2.27. The second-order valence-corrected chi connectivity index (χ2v) is 5.00. The van der Waals surface area contributed by atoms with E-state index >= 15 is 0 Å². The highest BCUT2D eigenvalue weighted by Crippen LogP contribution is 2.33. The van der Waals surface area contributed by atoms with Gasteiger partial charge < -0.3 is 10.3 Å². The molecule has 0 saturated heterocycles. The summed E-state index contributed by atoms with van der Waals surface area (Å²) < 4.78 is 5.39. The van der Waals surface area contributed by atoms with Gasteiger partial charge in [-0.05, 0) is 24.0 Å². The quantitative estimate of drug-likeness (QED) is 0.895. The number of nitrogens with two attached hydrogens (primary N) is 1. The van der Waals surface area contributed by atoms with Crippen LogP contribution in [-0.4, -0.2) is 16.7 Å². The molecule has 0 fully saturated rings. The predicted octanol–water partition coefficient (Wildman–Crippen LogP) is 2.01. The molecule has 1 atom stereocenters. The van der Waals surface area contributed by atoms with Crippen molar-refractivity contribution in [3.63, 3.8) is 0 Å². The van der Waals surface area contributed by atoms with E-state index in [2.05, 4.69) is 34.4 Å². The fraction of sp³-hybridized carbons (Fsp3) is 0.429. The fourth-order valence-electron chi connectivity index (χ4n) is 2.45. The zero-order chi connectivity index (χ0) is 12.5. The Morgan fingerprint density at radius 1 is 1.33 bits per heavy atom. The van der Waals surface area contributed by atoms with E-state index in [1.54, 1.807) is 0 Å². The zero-order valence-corrected chi connectivity index (χ0v) is 10.5. The summed E-state index contributed by atoms with van der Waals surface area (Å²) in [4.78, 5) is 4.49. The van der Waals surface area contributed by atoms with Crippen molar-refractivity contribution >= 4 is 0 Å². The standard InChI is InChI=1S/C14H17N3O/c1-9(8-15)13-16-14(18-17-13)12-6-10-4-2-3-5-11(10)7-12/h2-5,9,12H,6-8,15H2,1H3. The van der Waals surface area contributed by atoms with Crippen LogP contribution in [0.25, 0.3) is 0 Å². The lowest BCUT2D eigenvalue weighted by molar-refractivity contribution is 0.350. The second-order valence-electron chi connectivity index (χ2n) is 5.00. The molecule has 0 saturated carbocycles. The van der Waals surface area contributed by atoms with Gasteiger partial charge in [-0.25, -0.2) is 0 Å². The van der Waals surface area contributed by atoms with Crippen molar-refractivity contribution in [1.29, 1.82) is 0 Å². The van der Waals surface area contributed by atoms with Crippen LogP contribution in [-0.2, 0) is 12.8 Å². The molecule has 1 heterocycles. The van der Waals surface area contributed by atoms with E-state index in [9.17, 15) is 0 Å². The lowest BCUT2D eigenvalue weighted by atomic mass is 10.1. The summed E-state index contributed by atoms with van der Waals surface area (Å²) in [5.41, 5.74) is 8.41. The molecule has 0 radical (unpaired) electrons. The number of nitrogens with zero attached hydrogens (tertiary/aromatic N) is 2. The summed E-state index contributed by atoms with van der Waals surface area (Å²) in [5, 5.41) is 4.03. The van der Waals surface area contributed by atoms with E-state index in [1.165, 1.54) is 11.1 Å². The molecule has 3 rings (SSSR count). The minimum Gasteiger partial charge on any atom is -0.339 e. The average Bonchev–Trinajstić information content (AvgIpc) is 3.03. The number of benzene rings is 1. The molecule has 0 amide bonds. The Hall–Kier alpha value is -1.68. The Balaban J connectivity index is 1.80. The van der Waals surface area contributed by atoms with Gasteiger partial charge in [-0.15, -0.1) is 0 Å². The lowest BCUT2D eigenvalue weighted by Gasteiger charge is -2.01. The minimum absolute atomic E-state index is 0.159. The van der Waals surface area contributed by atoms with Crippen molar-refractivity contribution in [2.24, 2.45) is 5.73 Å². The predicted molar refractivity (Wildman–Crippen MR) is 68.4 cm³/mol. The highest BCUT2D eigenvalue weighted by molar-refractivity contribution is 5.34. The van der Waals surface area contributed by atoms with Crippen LogP contribution in [0.15, 0.2) is 28.8 Å². The van der Waals surface area contributed by atoms with Crippen LogP contribution in [0.5, 0.6) is 0 Å². The molecule has 1 aromatic heterocycles. The Morgan fingerprint density at radius 3 is 2.61 bits per heavy atom. The largest absolute Gasteiger partial charge is 0.339 e. The van der Waals surface area contributed by atoms with Gasteiger partial charge in [0.25, 0.3) is 0 Å². The summed E-state index contributed by atoms with van der Waals surface area (Å²) in [7, 11) is 0. The van der Waals surface area contributed by atoms with Crippen molar-refractivity contribution in [3.8, 4) is 0 Å². The Bertz CT molecular complexity index is 524. The maximum atomic E-state index is 5.61. The van der Waals surface area contributed by atoms with Crippen LogP contribution >= 0.6 is 0 Å². The van der Waals surface area contributed by atoms with Gasteiger partial charge in [0.2, 0.25) is 5.89 Å². The van der Waals surface area contributed by atoms with Crippen molar-refractivity contribution in [2.75, 3.05) is 6.54 Å². The Labute approximate surface area is 106 Å². The molecule has 2 N–H and O–H groups in total. The van der Waals surface area contributed by atoms with Crippen LogP contribution in [0.4, 0.5) is 0 Å². The van der Waals surface area contributed by atoms with E-state index in [4.69, 9.17) is 10.3 Å². The molecule has 2 aromatic rings. The third-order valence-corrected chi connectivity index (χ3v) is 3.65. The molecule has 1 unspecified atom stereocenters. The molecule has 0 spiro atoms. The molecular formula is C14H17N3O. The molecule has 0 bridgehead atoms. The Kier molecular flexibility index (Phi) is 2.88. The van der Waals surface area contributed by atoms with Crippen molar-refractivity contribution in [2.45, 2.75) is 31.6 Å². The highest BCUT2D eigenvalue weighted by atomic mass is 16.5. The first-order chi connectivity index (χ1) is 8.78. The van der Waals surface area contributed by atoms with Crippen LogP contribution in [0.2, 0.25) is 0 Å². The smallest absolute Gasteiger partial charge is 0.230 e. The third-order valence-electron chi connectivity index (χ3n) is 3.65. The summed E-state index contributed by atoms with van der Waals surface area (Å²) in [5.74, 6) is 1.96. The fourth-order valence-corrected chi connectivity index (χ4v) is 2.45. The number of aromatic nitrogens is 2. The number of hydrogen-bond acceptors (Lipinski definition) is 4. The van der Waals surface area contributed by atoms with Gasteiger partial charge in [0.15, 0.2) is 5.82 Å². The van der Waals surface area contributed by atoms with Gasteiger partial charge in [-0.1, -0.05) is 36.3 Å². The second kappa shape index (κ2) is 4.53. The Morgan fingerprint density at radius 2 is 2.00 bits per heavy atom. The SMILES string of the molecule is CC(CN)c1noc(C2Cc3ccccc3C2)n1. The van der Waals surface area contributed by atoms with Crippen molar-refractivity contribution in [3.05, 3.63) is 47.1 Å². The molecule has 4 heteroatoms. The zero-order valence-electron chi connectivity index (χ0n) is 10.5. The molecule has 4 nitrogen and oxygen atoms in total. The average molecular weight is 243 g/mol. The van der Waals surface area contributed by atoms with Gasteiger partial charge in [-0.2, -0.15) is 4.98 Å². The molecule has 1 aromatic carbocycles. The van der Waals surface area contributed by atoms with E-state index in [1.807, 2.05) is 6.92 Å². The van der Waals surface area contributed by atoms with Crippen LogP contribution < -0.4 is 5.73 Å². The van der Waals surface area contributed by atoms with E-state index < -0.39 is 0 Å². The monoisotopic (exact) mass is 243 g/mol. The topological polar surface area (TPSA) is 64.9 Å². The minimum atomic E-state index is 0.159. The summed E-state index contributed by atoms with van der Waals surface area (Å²) in [6.07, 6.45) is 1.99. The first-order valence-electron chi connectivity index (χ1n) is 6.38. The molecule has 94 valence electrons. The third kappa shape index (κ3) is 1.93. The van der Waals surface area contributed by atoms with Gasteiger partial charge in [0.1, 0.15) is 0 Å². The van der Waals surface area contributed by atoms with Crippen LogP contribution in [0.1, 0.15) is 41.6 Å². The van der Waals surface area contributed by atoms with Gasteiger partial charge >= 0.3 is 0 Å². The summed E-state index contributed by atoms with van der Waals surface area (Å²) in [6.45, 7) is 2.56. The number of rotatable bonds is 3. The van der Waals surface area contributed by atoms with Crippen molar-refractivity contribution < 1.29 is 4.52 Å². The molecule has 18 heavy (non-hydrogen) atoms. The maximum absolute atomic E-state index is 5.61. The van der Waals surface area contributed by atoms with Crippen LogP contribution in [0, 0.1) is 0 Å². The molecular weight excluding hydrogens is 226 g/mol. The lowest BCUT2D eigenvalue weighted by Crippen LogP contribution is -2.10. The number of hydrogen-bond donors (Lipinski definition) is 1. The summed E-state index contributed by atoms with van der Waals surface area (Å²) >= 11 is 0. The normalized spacial score (nSPS) is 16.8. The van der Waals surface area contributed by atoms with Gasteiger partial charge in [-0.3, -0.25) is 0 Å². The molecule has 0 aliphatic heterocycles. The first kappa shape index (κ1) is 11.4.